The second kappa shape index (κ2) is 5.72. The zero-order chi connectivity index (χ0) is 13.9. The highest BCUT2D eigenvalue weighted by Gasteiger charge is 2.42. The number of ether oxygens (including phenoxy) is 1. The van der Waals surface area contributed by atoms with Crippen molar-refractivity contribution in [3.05, 3.63) is 34.9 Å². The Balaban J connectivity index is 3.25. The van der Waals surface area contributed by atoms with Gasteiger partial charge < -0.3 is 9.84 Å². The lowest BCUT2D eigenvalue weighted by atomic mass is 9.76. The van der Waals surface area contributed by atoms with E-state index in [0.717, 1.165) is 0 Å². The zero-order valence-corrected chi connectivity index (χ0v) is 11.9. The maximum Gasteiger partial charge on any atom is 0.312 e. The fourth-order valence-corrected chi connectivity index (χ4v) is 2.64. The van der Waals surface area contributed by atoms with Gasteiger partial charge in [0.05, 0.1) is 13.0 Å². The minimum Gasteiger partial charge on any atom is -0.469 e. The van der Waals surface area contributed by atoms with Crippen LogP contribution in [0.15, 0.2) is 24.3 Å². The molecular formula is C14H19ClO3. The topological polar surface area (TPSA) is 46.5 Å². The summed E-state index contributed by atoms with van der Waals surface area (Å²) in [5, 5.41) is 11.2. The van der Waals surface area contributed by atoms with Crippen molar-refractivity contribution in [1.82, 2.24) is 0 Å². The fraction of sp³-hybridized carbons (Fsp3) is 0.500. The molecule has 1 N–H and O–H groups in total. The normalized spacial score (nSPS) is 16.2. The van der Waals surface area contributed by atoms with Crippen molar-refractivity contribution in [3.63, 3.8) is 0 Å². The van der Waals surface area contributed by atoms with E-state index in [0.29, 0.717) is 10.6 Å². The predicted octanol–water partition coefficient (Wildman–Crippen LogP) is 2.99. The number of carbonyl (C=O) groups is 1. The van der Waals surface area contributed by atoms with Gasteiger partial charge in [-0.05, 0) is 18.9 Å². The highest BCUT2D eigenvalue weighted by molar-refractivity contribution is 6.31. The maximum absolute atomic E-state index is 11.9. The van der Waals surface area contributed by atoms with E-state index in [1.54, 1.807) is 31.2 Å². The van der Waals surface area contributed by atoms with E-state index in [4.69, 9.17) is 16.3 Å². The molecular weight excluding hydrogens is 252 g/mol. The van der Waals surface area contributed by atoms with Crippen molar-refractivity contribution in [2.24, 2.45) is 11.8 Å². The van der Waals surface area contributed by atoms with Crippen LogP contribution in [-0.4, -0.2) is 18.2 Å². The first-order chi connectivity index (χ1) is 8.32. The van der Waals surface area contributed by atoms with Gasteiger partial charge in [0.25, 0.3) is 0 Å². The minimum atomic E-state index is -1.36. The van der Waals surface area contributed by atoms with Crippen LogP contribution in [0.4, 0.5) is 0 Å². The van der Waals surface area contributed by atoms with Gasteiger partial charge in [0.1, 0.15) is 5.60 Å². The van der Waals surface area contributed by atoms with Crippen LogP contribution in [0.1, 0.15) is 26.3 Å². The molecule has 2 unspecified atom stereocenters. The molecule has 0 aliphatic carbocycles. The van der Waals surface area contributed by atoms with Crippen LogP contribution in [0.5, 0.6) is 0 Å². The van der Waals surface area contributed by atoms with E-state index >= 15 is 0 Å². The molecule has 0 radical (unpaired) electrons. The Morgan fingerprint density at radius 3 is 2.39 bits per heavy atom. The fourth-order valence-electron chi connectivity index (χ4n) is 2.32. The van der Waals surface area contributed by atoms with Crippen LogP contribution in [0.25, 0.3) is 0 Å². The third-order valence-electron chi connectivity index (χ3n) is 3.15. The molecule has 4 heteroatoms. The first-order valence-corrected chi connectivity index (χ1v) is 6.25. The monoisotopic (exact) mass is 270 g/mol. The van der Waals surface area contributed by atoms with Crippen molar-refractivity contribution in [2.45, 2.75) is 26.4 Å². The maximum atomic E-state index is 11.9. The zero-order valence-electron chi connectivity index (χ0n) is 11.1. The number of esters is 1. The smallest absolute Gasteiger partial charge is 0.312 e. The molecule has 0 bridgehead atoms. The summed E-state index contributed by atoms with van der Waals surface area (Å²) in [6.07, 6.45) is 0. The quantitative estimate of drug-likeness (QED) is 0.856. The van der Waals surface area contributed by atoms with Crippen LogP contribution in [0, 0.1) is 11.8 Å². The summed E-state index contributed by atoms with van der Waals surface area (Å²) in [6.45, 7) is 5.33. The molecule has 0 amide bonds. The third-order valence-corrected chi connectivity index (χ3v) is 3.48. The van der Waals surface area contributed by atoms with Gasteiger partial charge in [0.2, 0.25) is 0 Å². The van der Waals surface area contributed by atoms with Crippen molar-refractivity contribution in [2.75, 3.05) is 7.11 Å². The molecule has 18 heavy (non-hydrogen) atoms. The van der Waals surface area contributed by atoms with E-state index in [2.05, 4.69) is 0 Å². The minimum absolute atomic E-state index is 0.0660. The third kappa shape index (κ3) is 2.85. The molecule has 0 saturated heterocycles. The number of carbonyl (C=O) groups excluding carboxylic acids is 1. The van der Waals surface area contributed by atoms with Crippen LogP contribution < -0.4 is 0 Å². The Morgan fingerprint density at radius 1 is 1.39 bits per heavy atom. The SMILES string of the molecule is COC(=O)C(C(C)C)C(C)(O)c1ccccc1Cl. The number of benzene rings is 1. The summed E-state index contributed by atoms with van der Waals surface area (Å²) < 4.78 is 4.78. The summed E-state index contributed by atoms with van der Waals surface area (Å²) in [7, 11) is 1.32. The van der Waals surface area contributed by atoms with E-state index in [-0.39, 0.29) is 5.92 Å². The number of aliphatic hydroxyl groups is 1. The molecule has 1 aromatic rings. The lowest BCUT2D eigenvalue weighted by Gasteiger charge is -2.34. The molecule has 0 spiro atoms. The van der Waals surface area contributed by atoms with Crippen LogP contribution in [0.2, 0.25) is 5.02 Å². The highest BCUT2D eigenvalue weighted by Crippen LogP contribution is 2.38. The van der Waals surface area contributed by atoms with Gasteiger partial charge in [0.15, 0.2) is 0 Å². The lowest BCUT2D eigenvalue weighted by Crippen LogP contribution is -2.41. The van der Waals surface area contributed by atoms with Crippen molar-refractivity contribution in [1.29, 1.82) is 0 Å². The molecule has 0 aliphatic rings. The second-order valence-corrected chi connectivity index (χ2v) is 5.28. The van der Waals surface area contributed by atoms with Gasteiger partial charge in [0, 0.05) is 10.6 Å². The van der Waals surface area contributed by atoms with Crippen LogP contribution in [-0.2, 0) is 15.1 Å². The van der Waals surface area contributed by atoms with Crippen LogP contribution >= 0.6 is 11.6 Å². The Morgan fingerprint density at radius 2 is 1.94 bits per heavy atom. The van der Waals surface area contributed by atoms with E-state index < -0.39 is 17.5 Å². The Kier molecular flexibility index (Phi) is 4.77. The van der Waals surface area contributed by atoms with E-state index in [1.807, 2.05) is 13.8 Å². The van der Waals surface area contributed by atoms with Gasteiger partial charge >= 0.3 is 5.97 Å². The summed E-state index contributed by atoms with van der Waals surface area (Å²) in [6, 6.07) is 6.98. The van der Waals surface area contributed by atoms with Gasteiger partial charge in [-0.1, -0.05) is 43.6 Å². The molecule has 0 aliphatic heterocycles. The predicted molar refractivity (Wildman–Crippen MR) is 71.4 cm³/mol. The van der Waals surface area contributed by atoms with Gasteiger partial charge in [-0.25, -0.2) is 0 Å². The molecule has 100 valence electrons. The summed E-state index contributed by atoms with van der Waals surface area (Å²) >= 11 is 6.09. The summed E-state index contributed by atoms with van der Waals surface area (Å²) in [4.78, 5) is 11.9. The number of rotatable bonds is 4. The Bertz CT molecular complexity index is 427. The first-order valence-electron chi connectivity index (χ1n) is 5.87. The van der Waals surface area contributed by atoms with Crippen molar-refractivity contribution >= 4 is 17.6 Å². The summed E-state index contributed by atoms with van der Waals surface area (Å²) in [5.74, 6) is -1.17. The largest absolute Gasteiger partial charge is 0.469 e. The average Bonchev–Trinajstić information content (AvgIpc) is 2.28. The van der Waals surface area contributed by atoms with Gasteiger partial charge in [-0.15, -0.1) is 0 Å². The molecule has 0 saturated carbocycles. The summed E-state index contributed by atoms with van der Waals surface area (Å²) in [5.41, 5.74) is -0.824. The second-order valence-electron chi connectivity index (χ2n) is 4.87. The first kappa shape index (κ1) is 15.0. The van der Waals surface area contributed by atoms with E-state index in [9.17, 15) is 9.90 Å². The lowest BCUT2D eigenvalue weighted by molar-refractivity contribution is -0.159. The number of halogens is 1. The van der Waals surface area contributed by atoms with Crippen molar-refractivity contribution < 1.29 is 14.6 Å². The molecule has 0 aromatic heterocycles. The average molecular weight is 271 g/mol. The molecule has 3 nitrogen and oxygen atoms in total. The van der Waals surface area contributed by atoms with Crippen molar-refractivity contribution in [3.8, 4) is 0 Å². The molecule has 0 heterocycles. The Labute approximate surface area is 113 Å². The number of methoxy groups -OCH3 is 1. The van der Waals surface area contributed by atoms with Gasteiger partial charge in [-0.3, -0.25) is 4.79 Å². The molecule has 2 atom stereocenters. The van der Waals surface area contributed by atoms with E-state index in [1.165, 1.54) is 7.11 Å². The molecule has 1 rings (SSSR count). The Hall–Kier alpha value is -1.06. The number of hydrogen-bond donors (Lipinski definition) is 1. The standard InChI is InChI=1S/C14H19ClO3/c1-9(2)12(13(16)18-4)14(3,17)10-7-5-6-8-11(10)15/h5-9,12,17H,1-4H3. The number of hydrogen-bond acceptors (Lipinski definition) is 3. The van der Waals surface area contributed by atoms with Gasteiger partial charge in [-0.2, -0.15) is 0 Å². The highest BCUT2D eigenvalue weighted by atomic mass is 35.5. The molecule has 1 aromatic carbocycles. The molecule has 0 fully saturated rings. The van der Waals surface area contributed by atoms with Crippen LogP contribution in [0.3, 0.4) is 0 Å².